The molecule has 0 amide bonds. The zero-order chi connectivity index (χ0) is 12.5. The quantitative estimate of drug-likeness (QED) is 0.773. The highest BCUT2D eigenvalue weighted by Crippen LogP contribution is 2.28. The SMILES string of the molecule is C/C=C/c1ccc(OCCNCC)c(OC)c1.Cl. The molecule has 0 spiro atoms. The van der Waals surface area contributed by atoms with E-state index in [1.165, 1.54) is 0 Å². The smallest absolute Gasteiger partial charge is 0.161 e. The molecule has 0 aliphatic rings. The van der Waals surface area contributed by atoms with Gasteiger partial charge in [0.25, 0.3) is 0 Å². The van der Waals surface area contributed by atoms with Gasteiger partial charge in [-0.25, -0.2) is 0 Å². The van der Waals surface area contributed by atoms with Crippen LogP contribution in [0.5, 0.6) is 11.5 Å². The van der Waals surface area contributed by atoms with Crippen LogP contribution in [0, 0.1) is 0 Å². The van der Waals surface area contributed by atoms with E-state index in [-0.39, 0.29) is 12.4 Å². The lowest BCUT2D eigenvalue weighted by atomic mass is 10.2. The fraction of sp³-hybridized carbons (Fsp3) is 0.429. The number of benzene rings is 1. The zero-order valence-electron chi connectivity index (χ0n) is 11.2. The molecule has 0 aliphatic heterocycles. The minimum Gasteiger partial charge on any atom is -0.493 e. The summed E-state index contributed by atoms with van der Waals surface area (Å²) in [6.45, 7) is 6.52. The van der Waals surface area contributed by atoms with Gasteiger partial charge >= 0.3 is 0 Å². The molecule has 0 saturated carbocycles. The van der Waals surface area contributed by atoms with Crippen LogP contribution >= 0.6 is 12.4 Å². The molecule has 0 heterocycles. The van der Waals surface area contributed by atoms with E-state index in [0.29, 0.717) is 6.61 Å². The molecule has 1 rings (SSSR count). The first-order chi connectivity index (χ1) is 8.31. The van der Waals surface area contributed by atoms with Crippen LogP contribution in [0.3, 0.4) is 0 Å². The molecule has 102 valence electrons. The predicted octanol–water partition coefficient (Wildman–Crippen LogP) is 3.14. The molecule has 0 aromatic heterocycles. The Kier molecular flexibility index (Phi) is 9.15. The Labute approximate surface area is 116 Å². The molecule has 1 aromatic carbocycles. The Bertz CT molecular complexity index is 367. The summed E-state index contributed by atoms with van der Waals surface area (Å²) >= 11 is 0. The Balaban J connectivity index is 0.00000289. The zero-order valence-corrected chi connectivity index (χ0v) is 12.0. The fourth-order valence-electron chi connectivity index (χ4n) is 1.51. The number of rotatable bonds is 7. The Morgan fingerprint density at radius 1 is 1.28 bits per heavy atom. The number of hydrogen-bond donors (Lipinski definition) is 1. The van der Waals surface area contributed by atoms with E-state index in [4.69, 9.17) is 9.47 Å². The van der Waals surface area contributed by atoms with E-state index in [1.807, 2.05) is 37.3 Å². The first-order valence-electron chi connectivity index (χ1n) is 5.96. The largest absolute Gasteiger partial charge is 0.493 e. The van der Waals surface area contributed by atoms with Crippen molar-refractivity contribution < 1.29 is 9.47 Å². The molecular formula is C14H22ClNO2. The predicted molar refractivity (Wildman–Crippen MR) is 79.0 cm³/mol. The number of hydrogen-bond acceptors (Lipinski definition) is 3. The first kappa shape index (κ1) is 16.8. The normalized spacial score (nSPS) is 10.2. The van der Waals surface area contributed by atoms with Gasteiger partial charge in [0.05, 0.1) is 7.11 Å². The number of allylic oxidation sites excluding steroid dienone is 1. The highest BCUT2D eigenvalue weighted by molar-refractivity contribution is 5.85. The van der Waals surface area contributed by atoms with Crippen molar-refractivity contribution in [2.75, 3.05) is 26.8 Å². The summed E-state index contributed by atoms with van der Waals surface area (Å²) in [5.41, 5.74) is 1.11. The summed E-state index contributed by atoms with van der Waals surface area (Å²) in [5, 5.41) is 3.21. The van der Waals surface area contributed by atoms with E-state index in [0.717, 1.165) is 30.2 Å². The van der Waals surface area contributed by atoms with Crippen molar-refractivity contribution in [3.05, 3.63) is 29.8 Å². The van der Waals surface area contributed by atoms with Crippen molar-refractivity contribution in [3.63, 3.8) is 0 Å². The Morgan fingerprint density at radius 3 is 2.67 bits per heavy atom. The topological polar surface area (TPSA) is 30.5 Å². The molecule has 1 aromatic rings. The second kappa shape index (κ2) is 9.80. The molecule has 0 atom stereocenters. The van der Waals surface area contributed by atoms with Crippen molar-refractivity contribution >= 4 is 18.5 Å². The van der Waals surface area contributed by atoms with Crippen LogP contribution in [-0.2, 0) is 0 Å². The maximum absolute atomic E-state index is 5.65. The summed E-state index contributed by atoms with van der Waals surface area (Å²) in [6, 6.07) is 5.94. The van der Waals surface area contributed by atoms with Gasteiger partial charge < -0.3 is 14.8 Å². The Morgan fingerprint density at radius 2 is 2.06 bits per heavy atom. The highest BCUT2D eigenvalue weighted by atomic mass is 35.5. The summed E-state index contributed by atoms with van der Waals surface area (Å²) in [4.78, 5) is 0. The van der Waals surface area contributed by atoms with Crippen molar-refractivity contribution in [2.45, 2.75) is 13.8 Å². The van der Waals surface area contributed by atoms with E-state index < -0.39 is 0 Å². The minimum atomic E-state index is 0. The van der Waals surface area contributed by atoms with Gasteiger partial charge in [-0.2, -0.15) is 0 Å². The number of methoxy groups -OCH3 is 1. The average Bonchev–Trinajstić information content (AvgIpc) is 2.36. The summed E-state index contributed by atoms with van der Waals surface area (Å²) < 4.78 is 11.0. The van der Waals surface area contributed by atoms with E-state index in [1.54, 1.807) is 7.11 Å². The van der Waals surface area contributed by atoms with Crippen LogP contribution in [0.4, 0.5) is 0 Å². The third-order valence-corrected chi connectivity index (χ3v) is 2.33. The molecule has 0 radical (unpaired) electrons. The van der Waals surface area contributed by atoms with Crippen LogP contribution in [0.2, 0.25) is 0 Å². The molecule has 18 heavy (non-hydrogen) atoms. The maximum Gasteiger partial charge on any atom is 0.161 e. The van der Waals surface area contributed by atoms with Gasteiger partial charge in [0.2, 0.25) is 0 Å². The molecule has 4 heteroatoms. The van der Waals surface area contributed by atoms with Crippen molar-refractivity contribution in [3.8, 4) is 11.5 Å². The number of nitrogens with one attached hydrogen (secondary N) is 1. The lowest BCUT2D eigenvalue weighted by molar-refractivity contribution is 0.293. The van der Waals surface area contributed by atoms with Crippen LogP contribution in [0.25, 0.3) is 6.08 Å². The molecule has 0 bridgehead atoms. The molecule has 1 N–H and O–H groups in total. The highest BCUT2D eigenvalue weighted by Gasteiger charge is 2.04. The molecular weight excluding hydrogens is 250 g/mol. The van der Waals surface area contributed by atoms with Gasteiger partial charge in [0, 0.05) is 6.54 Å². The van der Waals surface area contributed by atoms with Crippen molar-refractivity contribution in [1.82, 2.24) is 5.32 Å². The third-order valence-electron chi connectivity index (χ3n) is 2.33. The summed E-state index contributed by atoms with van der Waals surface area (Å²) in [6.07, 6.45) is 4.03. The number of likely N-dealkylation sites (N-methyl/N-ethyl adjacent to an activating group) is 1. The monoisotopic (exact) mass is 271 g/mol. The van der Waals surface area contributed by atoms with Crippen LogP contribution in [0.1, 0.15) is 19.4 Å². The summed E-state index contributed by atoms with van der Waals surface area (Å²) in [7, 11) is 1.66. The van der Waals surface area contributed by atoms with Crippen LogP contribution in [-0.4, -0.2) is 26.8 Å². The lowest BCUT2D eigenvalue weighted by Gasteiger charge is -2.11. The second-order valence-corrected chi connectivity index (χ2v) is 3.61. The van der Waals surface area contributed by atoms with Gasteiger partial charge in [-0.3, -0.25) is 0 Å². The van der Waals surface area contributed by atoms with Crippen molar-refractivity contribution in [2.24, 2.45) is 0 Å². The van der Waals surface area contributed by atoms with Gasteiger partial charge in [0.1, 0.15) is 6.61 Å². The van der Waals surface area contributed by atoms with Crippen LogP contribution < -0.4 is 14.8 Å². The van der Waals surface area contributed by atoms with Crippen molar-refractivity contribution in [1.29, 1.82) is 0 Å². The average molecular weight is 272 g/mol. The molecule has 0 unspecified atom stereocenters. The number of ether oxygens (including phenoxy) is 2. The fourth-order valence-corrected chi connectivity index (χ4v) is 1.51. The molecule has 0 saturated heterocycles. The Hall–Kier alpha value is -1.19. The second-order valence-electron chi connectivity index (χ2n) is 3.61. The van der Waals surface area contributed by atoms with Gasteiger partial charge in [0.15, 0.2) is 11.5 Å². The maximum atomic E-state index is 5.65. The summed E-state index contributed by atoms with van der Waals surface area (Å²) in [5.74, 6) is 1.57. The van der Waals surface area contributed by atoms with E-state index >= 15 is 0 Å². The number of halogens is 1. The molecule has 0 aliphatic carbocycles. The van der Waals surface area contributed by atoms with Gasteiger partial charge in [-0.15, -0.1) is 12.4 Å². The minimum absolute atomic E-state index is 0. The molecule has 3 nitrogen and oxygen atoms in total. The lowest BCUT2D eigenvalue weighted by Crippen LogP contribution is -2.20. The first-order valence-corrected chi connectivity index (χ1v) is 5.96. The third kappa shape index (κ3) is 5.43. The van der Waals surface area contributed by atoms with Crippen LogP contribution in [0.15, 0.2) is 24.3 Å². The standard InChI is InChI=1S/C14H21NO2.ClH/c1-4-6-12-7-8-13(14(11-12)16-3)17-10-9-15-5-2;/h4,6-8,11,15H,5,9-10H2,1-3H3;1H/b6-4+;. The van der Waals surface area contributed by atoms with Gasteiger partial charge in [-0.05, 0) is 31.2 Å². The van der Waals surface area contributed by atoms with Gasteiger partial charge in [-0.1, -0.05) is 25.1 Å². The van der Waals surface area contributed by atoms with E-state index in [9.17, 15) is 0 Å². The molecule has 0 fully saturated rings. The van der Waals surface area contributed by atoms with E-state index in [2.05, 4.69) is 12.2 Å².